The molecule has 2 aromatic heterocycles. The van der Waals surface area contributed by atoms with Gasteiger partial charge in [0.05, 0.1) is 11.4 Å². The van der Waals surface area contributed by atoms with Crippen molar-refractivity contribution >= 4 is 45.9 Å². The van der Waals surface area contributed by atoms with Crippen molar-refractivity contribution in [2.75, 3.05) is 0 Å². The van der Waals surface area contributed by atoms with Gasteiger partial charge in [0.1, 0.15) is 21.3 Å². The van der Waals surface area contributed by atoms with Gasteiger partial charge >= 0.3 is 0 Å². The van der Waals surface area contributed by atoms with Gasteiger partial charge in [-0.05, 0) is 55.7 Å². The van der Waals surface area contributed by atoms with Crippen molar-refractivity contribution in [1.82, 2.24) is 14.3 Å². The molecule has 1 saturated heterocycles. The third-order valence-corrected chi connectivity index (χ3v) is 7.30. The van der Waals surface area contributed by atoms with Gasteiger partial charge in [0.2, 0.25) is 5.88 Å². The van der Waals surface area contributed by atoms with Crippen molar-refractivity contribution in [3.63, 3.8) is 0 Å². The highest BCUT2D eigenvalue weighted by Gasteiger charge is 2.33. The monoisotopic (exact) mass is 513 g/mol. The Morgan fingerprint density at radius 3 is 2.53 bits per heavy atom. The van der Waals surface area contributed by atoms with Crippen LogP contribution in [0.4, 0.5) is 0 Å². The number of pyridine rings is 1. The van der Waals surface area contributed by atoms with Crippen molar-refractivity contribution in [3.05, 3.63) is 110 Å². The molecule has 0 aliphatic carbocycles. The molecule has 3 heterocycles. The van der Waals surface area contributed by atoms with Crippen molar-refractivity contribution in [2.24, 2.45) is 0 Å². The number of aryl methyl sites for hydroxylation is 3. The first-order chi connectivity index (χ1) is 17.3. The first-order valence-electron chi connectivity index (χ1n) is 11.4. The van der Waals surface area contributed by atoms with E-state index in [1.165, 1.54) is 16.2 Å². The van der Waals surface area contributed by atoms with E-state index < -0.39 is 0 Å². The van der Waals surface area contributed by atoms with Gasteiger partial charge in [-0.2, -0.15) is 4.98 Å². The molecule has 180 valence electrons. The third-order valence-electron chi connectivity index (χ3n) is 5.92. The predicted molar refractivity (Wildman–Crippen MR) is 147 cm³/mol. The first-order valence-corrected chi connectivity index (χ1v) is 12.6. The number of benzene rings is 2. The number of aromatic nitrogens is 2. The molecule has 0 saturated carbocycles. The lowest BCUT2D eigenvalue weighted by atomic mass is 10.1. The summed E-state index contributed by atoms with van der Waals surface area (Å²) in [4.78, 5) is 33.5. The molecule has 0 spiro atoms. The number of ether oxygens (including phenoxy) is 1. The number of carbonyl (C=O) groups is 1. The van der Waals surface area contributed by atoms with Gasteiger partial charge in [-0.15, -0.1) is 0 Å². The largest absolute Gasteiger partial charge is 0.438 e. The van der Waals surface area contributed by atoms with Crippen LogP contribution in [0.25, 0.3) is 11.7 Å². The topological polar surface area (TPSA) is 63.9 Å². The molecule has 5 rings (SSSR count). The summed E-state index contributed by atoms with van der Waals surface area (Å²) >= 11 is 6.67. The average Bonchev–Trinajstić information content (AvgIpc) is 3.12. The van der Waals surface area contributed by atoms with Crippen molar-refractivity contribution in [2.45, 2.75) is 27.3 Å². The smallest absolute Gasteiger partial charge is 0.269 e. The van der Waals surface area contributed by atoms with Gasteiger partial charge in [0.25, 0.3) is 11.5 Å². The van der Waals surface area contributed by atoms with Crippen LogP contribution < -0.4 is 10.3 Å². The number of thioether (sulfide) groups is 1. The van der Waals surface area contributed by atoms with E-state index in [4.69, 9.17) is 21.9 Å². The Bertz CT molecular complexity index is 1610. The van der Waals surface area contributed by atoms with E-state index >= 15 is 0 Å². The summed E-state index contributed by atoms with van der Waals surface area (Å²) < 4.78 is 8.11. The summed E-state index contributed by atoms with van der Waals surface area (Å²) in [6.07, 6.45) is 3.21. The number of rotatable bonds is 5. The molecule has 0 atom stereocenters. The fourth-order valence-electron chi connectivity index (χ4n) is 4.04. The SMILES string of the molecule is Cc1ccc(Oc2nc3c(C)cccn3c(=O)c2/C=C2/SC(=S)N(Cc3ccccc3)C2=O)c(C)c1. The van der Waals surface area contributed by atoms with Crippen molar-refractivity contribution in [3.8, 4) is 11.6 Å². The first kappa shape index (κ1) is 24.0. The lowest BCUT2D eigenvalue weighted by molar-refractivity contribution is -0.122. The van der Waals surface area contributed by atoms with Gasteiger partial charge in [-0.3, -0.25) is 18.9 Å². The van der Waals surface area contributed by atoms with Crippen LogP contribution in [0.2, 0.25) is 0 Å². The molecular formula is C28H23N3O3S2. The number of amides is 1. The molecule has 1 amide bonds. The van der Waals surface area contributed by atoms with Crippen LogP contribution in [0.5, 0.6) is 11.6 Å². The van der Waals surface area contributed by atoms with Crippen molar-refractivity contribution in [1.29, 1.82) is 0 Å². The molecule has 6 nitrogen and oxygen atoms in total. The maximum Gasteiger partial charge on any atom is 0.269 e. The standard InChI is InChI=1S/C28H23N3O3S2/c1-17-11-12-22(19(3)14-17)34-25-21(26(32)30-13-7-8-18(2)24(30)29-25)15-23-27(33)31(28(35)36-23)16-20-9-5-4-6-10-20/h4-15H,16H2,1-3H3/b23-15+. The molecule has 0 radical (unpaired) electrons. The van der Waals surface area contributed by atoms with Crippen LogP contribution >= 0.6 is 24.0 Å². The number of hydrogen-bond acceptors (Lipinski definition) is 6. The number of nitrogens with zero attached hydrogens (tertiary/aromatic N) is 3. The zero-order valence-corrected chi connectivity index (χ0v) is 21.7. The number of thiocarbonyl (C=S) groups is 1. The average molecular weight is 514 g/mol. The van der Waals surface area contributed by atoms with Crippen LogP contribution in [0.3, 0.4) is 0 Å². The second kappa shape index (κ2) is 9.72. The summed E-state index contributed by atoms with van der Waals surface area (Å²) in [5.74, 6) is 0.492. The van der Waals surface area contributed by atoms with Crippen LogP contribution in [0.15, 0.2) is 76.6 Å². The van der Waals surface area contributed by atoms with Gasteiger partial charge in [-0.1, -0.05) is 78.1 Å². The minimum absolute atomic E-state index is 0.148. The van der Waals surface area contributed by atoms with Gasteiger partial charge in [0, 0.05) is 6.20 Å². The summed E-state index contributed by atoms with van der Waals surface area (Å²) in [6.45, 7) is 6.19. The van der Waals surface area contributed by atoms with Gasteiger partial charge in [-0.25, -0.2) is 0 Å². The van der Waals surface area contributed by atoms with E-state index in [9.17, 15) is 9.59 Å². The Morgan fingerprint density at radius 2 is 1.78 bits per heavy atom. The van der Waals surface area contributed by atoms with E-state index in [0.29, 0.717) is 27.2 Å². The van der Waals surface area contributed by atoms with E-state index in [0.717, 1.165) is 22.3 Å². The molecular weight excluding hydrogens is 490 g/mol. The zero-order valence-electron chi connectivity index (χ0n) is 20.0. The summed E-state index contributed by atoms with van der Waals surface area (Å²) in [5.41, 5.74) is 4.19. The lowest BCUT2D eigenvalue weighted by Gasteiger charge is -2.14. The summed E-state index contributed by atoms with van der Waals surface area (Å²) in [5, 5.41) is 0. The zero-order chi connectivity index (χ0) is 25.4. The Balaban J connectivity index is 1.60. The number of hydrogen-bond donors (Lipinski definition) is 0. The Labute approximate surface area is 218 Å². The summed E-state index contributed by atoms with van der Waals surface area (Å²) in [7, 11) is 0. The highest BCUT2D eigenvalue weighted by Crippen LogP contribution is 2.35. The molecule has 36 heavy (non-hydrogen) atoms. The van der Waals surface area contributed by atoms with Crippen LogP contribution in [0, 0.1) is 20.8 Å². The molecule has 0 N–H and O–H groups in total. The third kappa shape index (κ3) is 4.57. The highest BCUT2D eigenvalue weighted by atomic mass is 32.2. The minimum Gasteiger partial charge on any atom is -0.438 e. The predicted octanol–water partition coefficient (Wildman–Crippen LogP) is 5.81. The second-order valence-electron chi connectivity index (χ2n) is 8.65. The Kier molecular flexibility index (Phi) is 6.47. The minimum atomic E-state index is -0.322. The lowest BCUT2D eigenvalue weighted by Crippen LogP contribution is -2.27. The van der Waals surface area contributed by atoms with E-state index in [1.54, 1.807) is 23.2 Å². The van der Waals surface area contributed by atoms with E-state index in [1.807, 2.05) is 75.4 Å². The van der Waals surface area contributed by atoms with E-state index in [-0.39, 0.29) is 22.9 Å². The maximum atomic E-state index is 13.6. The molecule has 4 aromatic rings. The fraction of sp³-hybridized carbons (Fsp3) is 0.143. The quantitative estimate of drug-likeness (QED) is 0.248. The molecule has 1 aliphatic heterocycles. The number of fused-ring (bicyclic) bond motifs is 1. The normalized spacial score (nSPS) is 14.8. The second-order valence-corrected chi connectivity index (χ2v) is 10.3. The van der Waals surface area contributed by atoms with Crippen molar-refractivity contribution < 1.29 is 9.53 Å². The Hall–Kier alpha value is -3.75. The summed E-state index contributed by atoms with van der Waals surface area (Å²) in [6, 6.07) is 19.1. The molecule has 1 aliphatic rings. The highest BCUT2D eigenvalue weighted by molar-refractivity contribution is 8.26. The van der Waals surface area contributed by atoms with Crippen LogP contribution in [-0.2, 0) is 11.3 Å². The molecule has 2 aromatic carbocycles. The number of carbonyl (C=O) groups excluding carboxylic acids is 1. The molecule has 0 bridgehead atoms. The van der Waals surface area contributed by atoms with E-state index in [2.05, 4.69) is 0 Å². The molecule has 1 fully saturated rings. The van der Waals surface area contributed by atoms with Gasteiger partial charge in [0.15, 0.2) is 0 Å². The Morgan fingerprint density at radius 1 is 1.00 bits per heavy atom. The maximum absolute atomic E-state index is 13.6. The molecule has 0 unspecified atom stereocenters. The fourth-order valence-corrected chi connectivity index (χ4v) is 5.28. The van der Waals surface area contributed by atoms with Crippen LogP contribution in [-0.4, -0.2) is 24.5 Å². The van der Waals surface area contributed by atoms with Gasteiger partial charge < -0.3 is 4.74 Å². The molecule has 8 heteroatoms. The van der Waals surface area contributed by atoms with Crippen LogP contribution in [0.1, 0.15) is 27.8 Å².